The third-order valence-electron chi connectivity index (χ3n) is 7.25. The molecule has 1 saturated heterocycles. The summed E-state index contributed by atoms with van der Waals surface area (Å²) in [5.74, 6) is -2.47. The van der Waals surface area contributed by atoms with E-state index in [1.165, 1.54) is 23.1 Å². The first-order chi connectivity index (χ1) is 18.4. The van der Waals surface area contributed by atoms with Crippen LogP contribution in [0, 0.1) is 5.92 Å². The lowest BCUT2D eigenvalue weighted by Gasteiger charge is -2.29. The van der Waals surface area contributed by atoms with Crippen molar-refractivity contribution in [1.82, 2.24) is 14.9 Å². The fourth-order valence-electron chi connectivity index (χ4n) is 5.14. The van der Waals surface area contributed by atoms with Crippen LogP contribution < -0.4 is 15.8 Å². The molecule has 4 N–H and O–H groups in total. The second-order valence-electron chi connectivity index (χ2n) is 9.96. The van der Waals surface area contributed by atoms with Crippen molar-refractivity contribution >= 4 is 57.0 Å². The maximum Gasteiger partial charge on any atom is 0.405 e. The van der Waals surface area contributed by atoms with E-state index in [0.717, 1.165) is 12.8 Å². The van der Waals surface area contributed by atoms with Gasteiger partial charge in [-0.15, -0.1) is 0 Å². The SMILES string of the molecule is NC(=O)OC1CCCCCC=CC2CC2(C(=O)NS(=O)(=O)c2ccc(Cl)cc2Cl)NC(=O)C2CCCN2C1=O. The van der Waals surface area contributed by atoms with Gasteiger partial charge in [-0.3, -0.25) is 14.4 Å². The van der Waals surface area contributed by atoms with Crippen molar-refractivity contribution in [2.24, 2.45) is 11.7 Å². The summed E-state index contributed by atoms with van der Waals surface area (Å²) in [5.41, 5.74) is 3.66. The molecule has 4 rings (SSSR count). The maximum absolute atomic E-state index is 13.5. The number of benzene rings is 1. The number of nitrogens with zero attached hydrogens (tertiary/aromatic N) is 1. The molecule has 4 amide bonds. The molecular weight excluding hydrogens is 571 g/mol. The van der Waals surface area contributed by atoms with Gasteiger partial charge in [0.05, 0.1) is 5.02 Å². The van der Waals surface area contributed by atoms with Gasteiger partial charge in [0.25, 0.3) is 21.8 Å². The third-order valence-corrected chi connectivity index (χ3v) is 9.30. The highest BCUT2D eigenvalue weighted by Gasteiger charge is 2.61. The minimum absolute atomic E-state index is 0.161. The Kier molecular flexibility index (Phi) is 8.77. The first-order valence-electron chi connectivity index (χ1n) is 12.7. The molecule has 3 aliphatic rings. The van der Waals surface area contributed by atoms with Crippen molar-refractivity contribution < 1.29 is 32.3 Å². The largest absolute Gasteiger partial charge is 0.436 e. The van der Waals surface area contributed by atoms with Crippen LogP contribution in [0.2, 0.25) is 10.0 Å². The highest BCUT2D eigenvalue weighted by atomic mass is 35.5. The van der Waals surface area contributed by atoms with Gasteiger partial charge < -0.3 is 20.7 Å². The van der Waals surface area contributed by atoms with Crippen molar-refractivity contribution in [3.05, 3.63) is 40.4 Å². The number of hydrogen-bond donors (Lipinski definition) is 3. The van der Waals surface area contributed by atoms with Crippen molar-refractivity contribution in [2.75, 3.05) is 6.54 Å². The quantitative estimate of drug-likeness (QED) is 0.447. The molecule has 2 fully saturated rings. The number of carbonyl (C=O) groups is 4. The Bertz CT molecular complexity index is 1310. The first kappa shape index (κ1) is 29.2. The summed E-state index contributed by atoms with van der Waals surface area (Å²) in [6.45, 7) is 0.265. The van der Waals surface area contributed by atoms with E-state index < -0.39 is 57.4 Å². The van der Waals surface area contributed by atoms with Gasteiger partial charge in [0.2, 0.25) is 5.91 Å². The van der Waals surface area contributed by atoms with Gasteiger partial charge in [0.1, 0.15) is 16.5 Å². The zero-order chi connectivity index (χ0) is 28.4. The zero-order valence-electron chi connectivity index (χ0n) is 21.0. The highest BCUT2D eigenvalue weighted by Crippen LogP contribution is 2.46. The molecule has 0 spiro atoms. The number of hydrogen-bond acceptors (Lipinski definition) is 7. The molecule has 0 radical (unpaired) electrons. The molecule has 4 unspecified atom stereocenters. The summed E-state index contributed by atoms with van der Waals surface area (Å²) in [6.07, 6.45) is 5.64. The van der Waals surface area contributed by atoms with Crippen LogP contribution in [0.4, 0.5) is 4.79 Å². The van der Waals surface area contributed by atoms with E-state index in [0.29, 0.717) is 25.7 Å². The van der Waals surface area contributed by atoms with Crippen LogP contribution in [0.5, 0.6) is 0 Å². The predicted molar refractivity (Wildman–Crippen MR) is 142 cm³/mol. The van der Waals surface area contributed by atoms with Crippen LogP contribution in [-0.4, -0.2) is 61.4 Å². The molecular formula is C25H30Cl2N4O7S. The maximum atomic E-state index is 13.5. The van der Waals surface area contributed by atoms with Crippen LogP contribution in [0.15, 0.2) is 35.2 Å². The number of sulfonamides is 1. The van der Waals surface area contributed by atoms with Gasteiger partial charge in [-0.25, -0.2) is 17.9 Å². The molecule has 212 valence electrons. The lowest BCUT2D eigenvalue weighted by molar-refractivity contribution is -0.146. The van der Waals surface area contributed by atoms with Gasteiger partial charge in [-0.05, 0) is 63.1 Å². The zero-order valence-corrected chi connectivity index (χ0v) is 23.4. The second-order valence-corrected chi connectivity index (χ2v) is 12.5. The number of rotatable bonds is 4. The lowest BCUT2D eigenvalue weighted by Crippen LogP contribution is -2.57. The molecule has 14 heteroatoms. The fraction of sp³-hybridized carbons (Fsp3) is 0.520. The molecule has 0 aromatic heterocycles. The molecule has 2 aliphatic heterocycles. The van der Waals surface area contributed by atoms with E-state index in [1.54, 1.807) is 6.08 Å². The van der Waals surface area contributed by atoms with E-state index in [4.69, 9.17) is 33.7 Å². The number of fused-ring (bicyclic) bond motifs is 2. The van der Waals surface area contributed by atoms with Gasteiger partial charge in [-0.2, -0.15) is 0 Å². The fourth-order valence-corrected chi connectivity index (χ4v) is 6.95. The van der Waals surface area contributed by atoms with Crippen molar-refractivity contribution in [1.29, 1.82) is 0 Å². The van der Waals surface area contributed by atoms with Gasteiger partial charge >= 0.3 is 6.09 Å². The van der Waals surface area contributed by atoms with E-state index in [2.05, 4.69) is 10.0 Å². The van der Waals surface area contributed by atoms with Crippen molar-refractivity contribution in [2.45, 2.75) is 73.9 Å². The van der Waals surface area contributed by atoms with Crippen LogP contribution in [0.25, 0.3) is 0 Å². The average molecular weight is 602 g/mol. The standard InChI is InChI=1S/C25H30Cl2N4O7S/c26-16-10-11-20(17(27)13-16)39(36,37)30-23(34)25-14-15(25)7-4-2-1-3-5-9-19(38-24(28)35)22(33)31-12-6-8-18(31)21(32)29-25/h4,7,10-11,13,15,18-19H,1-3,5-6,8-9,12,14H2,(H2,28,35)(H,29,32)(H,30,34). The van der Waals surface area contributed by atoms with E-state index in [9.17, 15) is 27.6 Å². The lowest BCUT2D eigenvalue weighted by atomic mass is 10.1. The van der Waals surface area contributed by atoms with Gasteiger partial charge in [-0.1, -0.05) is 41.8 Å². The number of allylic oxidation sites excluding steroid dienone is 1. The summed E-state index contributed by atoms with van der Waals surface area (Å²) in [4.78, 5) is 52.6. The number of carbonyl (C=O) groups excluding carboxylic acids is 4. The van der Waals surface area contributed by atoms with E-state index in [1.807, 2.05) is 6.08 Å². The van der Waals surface area contributed by atoms with Crippen LogP contribution in [0.1, 0.15) is 51.4 Å². The molecule has 39 heavy (non-hydrogen) atoms. The Morgan fingerprint density at radius 1 is 1.13 bits per heavy atom. The van der Waals surface area contributed by atoms with E-state index >= 15 is 0 Å². The van der Waals surface area contributed by atoms with E-state index in [-0.39, 0.29) is 34.3 Å². The number of ether oxygens (including phenoxy) is 1. The average Bonchev–Trinajstić information content (AvgIpc) is 3.31. The van der Waals surface area contributed by atoms with Crippen LogP contribution in [0.3, 0.4) is 0 Å². The first-order valence-corrected chi connectivity index (χ1v) is 15.0. The third kappa shape index (κ3) is 6.50. The molecule has 1 aliphatic carbocycles. The molecule has 0 bridgehead atoms. The minimum atomic E-state index is -4.39. The number of nitrogens with one attached hydrogen (secondary N) is 2. The molecule has 1 aromatic rings. The molecule has 2 heterocycles. The smallest absolute Gasteiger partial charge is 0.405 e. The summed E-state index contributed by atoms with van der Waals surface area (Å²) in [7, 11) is -4.39. The number of nitrogens with two attached hydrogens (primary N) is 1. The van der Waals surface area contributed by atoms with Crippen molar-refractivity contribution in [3.8, 4) is 0 Å². The number of primary amides is 1. The van der Waals surface area contributed by atoms with Crippen LogP contribution >= 0.6 is 23.2 Å². The minimum Gasteiger partial charge on any atom is -0.436 e. The summed E-state index contributed by atoms with van der Waals surface area (Å²) in [5, 5.41) is 2.80. The van der Waals surface area contributed by atoms with Gasteiger partial charge in [0.15, 0.2) is 6.10 Å². The number of amides is 4. The highest BCUT2D eigenvalue weighted by molar-refractivity contribution is 7.90. The molecule has 1 aromatic carbocycles. The second kappa shape index (κ2) is 11.7. The summed E-state index contributed by atoms with van der Waals surface area (Å²) in [6, 6.07) is 2.85. The normalized spacial score (nSPS) is 27.8. The Morgan fingerprint density at radius 3 is 2.62 bits per heavy atom. The Labute approximate surface area is 236 Å². The predicted octanol–water partition coefficient (Wildman–Crippen LogP) is 2.65. The van der Waals surface area contributed by atoms with Gasteiger partial charge in [0, 0.05) is 17.5 Å². The summed E-state index contributed by atoms with van der Waals surface area (Å²) < 4.78 is 33.2. The Balaban J connectivity index is 1.60. The molecule has 11 nitrogen and oxygen atoms in total. The Hall–Kier alpha value is -2.83. The topological polar surface area (TPSA) is 165 Å². The van der Waals surface area contributed by atoms with Crippen LogP contribution in [-0.2, 0) is 29.1 Å². The molecule has 4 atom stereocenters. The number of halogens is 2. The Morgan fingerprint density at radius 2 is 1.90 bits per heavy atom. The monoisotopic (exact) mass is 600 g/mol. The van der Waals surface area contributed by atoms with Crippen molar-refractivity contribution in [3.63, 3.8) is 0 Å². The molecule has 1 saturated carbocycles. The summed E-state index contributed by atoms with van der Waals surface area (Å²) >= 11 is 11.9.